The highest BCUT2D eigenvalue weighted by molar-refractivity contribution is 6.31. The van der Waals surface area contributed by atoms with E-state index < -0.39 is 0 Å². The topological polar surface area (TPSA) is 34.2 Å². The van der Waals surface area contributed by atoms with Gasteiger partial charge in [0.25, 0.3) is 0 Å². The van der Waals surface area contributed by atoms with Crippen molar-refractivity contribution in [2.45, 2.75) is 26.4 Å². The molecule has 0 radical (unpaired) electrons. The van der Waals surface area contributed by atoms with Crippen LogP contribution in [0.2, 0.25) is 10.0 Å². The van der Waals surface area contributed by atoms with E-state index in [0.29, 0.717) is 34.3 Å². The fourth-order valence-corrected chi connectivity index (χ4v) is 1.87. The Hall–Kier alpha value is -1.29. The van der Waals surface area contributed by atoms with Gasteiger partial charge in [0, 0.05) is 23.7 Å². The summed E-state index contributed by atoms with van der Waals surface area (Å²) in [7, 11) is 0. The number of ether oxygens (including phenoxy) is 1. The molecule has 1 heterocycles. The monoisotopic (exact) mass is 310 g/mol. The van der Waals surface area contributed by atoms with Crippen molar-refractivity contribution in [3.05, 3.63) is 52.1 Å². The van der Waals surface area contributed by atoms with Crippen molar-refractivity contribution in [2.24, 2.45) is 0 Å². The van der Waals surface area contributed by atoms with Crippen LogP contribution in [0.25, 0.3) is 0 Å². The second kappa shape index (κ2) is 6.93. The van der Waals surface area contributed by atoms with Crippen LogP contribution in [0.5, 0.6) is 11.6 Å². The molecule has 5 heteroatoms. The molecule has 20 heavy (non-hydrogen) atoms. The van der Waals surface area contributed by atoms with Crippen LogP contribution in [0.3, 0.4) is 0 Å². The van der Waals surface area contributed by atoms with Gasteiger partial charge in [-0.3, -0.25) is 0 Å². The van der Waals surface area contributed by atoms with Gasteiger partial charge in [0.1, 0.15) is 5.75 Å². The Morgan fingerprint density at radius 2 is 1.80 bits per heavy atom. The molecule has 1 aromatic carbocycles. The van der Waals surface area contributed by atoms with Crippen LogP contribution in [0.1, 0.15) is 19.5 Å². The highest BCUT2D eigenvalue weighted by Crippen LogP contribution is 2.24. The highest BCUT2D eigenvalue weighted by Gasteiger charge is 2.06. The number of nitrogens with one attached hydrogen (secondary N) is 1. The summed E-state index contributed by atoms with van der Waals surface area (Å²) in [5.41, 5.74) is 0.770. The lowest BCUT2D eigenvalue weighted by atomic mass is 10.3. The van der Waals surface area contributed by atoms with Crippen molar-refractivity contribution in [3.8, 4) is 11.6 Å². The van der Waals surface area contributed by atoms with Gasteiger partial charge < -0.3 is 10.1 Å². The van der Waals surface area contributed by atoms with E-state index in [9.17, 15) is 0 Å². The zero-order valence-electron chi connectivity index (χ0n) is 11.4. The Labute approximate surface area is 128 Å². The van der Waals surface area contributed by atoms with Crippen LogP contribution >= 0.6 is 23.2 Å². The van der Waals surface area contributed by atoms with Crippen molar-refractivity contribution in [3.63, 3.8) is 0 Å². The summed E-state index contributed by atoms with van der Waals surface area (Å²) < 4.78 is 5.68. The predicted molar refractivity (Wildman–Crippen MR) is 82.7 cm³/mol. The van der Waals surface area contributed by atoms with Crippen LogP contribution in [0.4, 0.5) is 0 Å². The van der Waals surface area contributed by atoms with E-state index in [1.54, 1.807) is 36.4 Å². The fraction of sp³-hybridized carbons (Fsp3) is 0.267. The molecule has 2 aromatic rings. The minimum absolute atomic E-state index is 0.369. The van der Waals surface area contributed by atoms with Crippen LogP contribution in [-0.2, 0) is 6.54 Å². The van der Waals surface area contributed by atoms with Crippen LogP contribution < -0.4 is 10.1 Å². The van der Waals surface area contributed by atoms with E-state index in [-0.39, 0.29) is 0 Å². The molecule has 0 fully saturated rings. The third-order valence-electron chi connectivity index (χ3n) is 2.61. The Bertz CT molecular complexity index is 571. The average molecular weight is 311 g/mol. The molecule has 0 amide bonds. The molecular formula is C15H16Cl2N2O. The lowest BCUT2D eigenvalue weighted by molar-refractivity contribution is 0.458. The van der Waals surface area contributed by atoms with Gasteiger partial charge in [0.05, 0.1) is 10.7 Å². The number of halogens is 2. The molecule has 0 spiro atoms. The molecule has 1 N–H and O–H groups in total. The number of rotatable bonds is 5. The largest absolute Gasteiger partial charge is 0.439 e. The summed E-state index contributed by atoms with van der Waals surface area (Å²) in [6.45, 7) is 4.75. The van der Waals surface area contributed by atoms with Gasteiger partial charge in [0.15, 0.2) is 0 Å². The Kier molecular flexibility index (Phi) is 5.24. The Balaban J connectivity index is 2.12. The number of pyridine rings is 1. The first kappa shape index (κ1) is 15.1. The summed E-state index contributed by atoms with van der Waals surface area (Å²) in [6.07, 6.45) is 0. The summed E-state index contributed by atoms with van der Waals surface area (Å²) in [6, 6.07) is 11.0. The minimum atomic E-state index is 0.369. The number of nitrogens with zero attached hydrogens (tertiary/aromatic N) is 1. The first-order valence-corrected chi connectivity index (χ1v) is 7.12. The quantitative estimate of drug-likeness (QED) is 0.870. The zero-order chi connectivity index (χ0) is 14.5. The van der Waals surface area contributed by atoms with Crippen molar-refractivity contribution in [1.82, 2.24) is 10.3 Å². The molecule has 0 saturated heterocycles. The molecular weight excluding hydrogens is 295 g/mol. The lowest BCUT2D eigenvalue weighted by Gasteiger charge is -2.11. The van der Waals surface area contributed by atoms with Gasteiger partial charge in [-0.1, -0.05) is 37.0 Å². The number of hydrogen-bond acceptors (Lipinski definition) is 3. The number of aromatic nitrogens is 1. The summed E-state index contributed by atoms with van der Waals surface area (Å²) in [5.74, 6) is 1.20. The summed E-state index contributed by atoms with van der Waals surface area (Å²) in [5, 5.41) is 4.58. The maximum atomic E-state index is 6.13. The van der Waals surface area contributed by atoms with Crippen molar-refractivity contribution < 1.29 is 4.74 Å². The Morgan fingerprint density at radius 3 is 2.45 bits per heavy atom. The zero-order valence-corrected chi connectivity index (χ0v) is 12.9. The molecule has 0 unspecified atom stereocenters. The minimum Gasteiger partial charge on any atom is -0.439 e. The van der Waals surface area contributed by atoms with E-state index in [0.717, 1.165) is 5.69 Å². The molecule has 0 saturated carbocycles. The lowest BCUT2D eigenvalue weighted by Crippen LogP contribution is -2.22. The second-order valence-electron chi connectivity index (χ2n) is 4.67. The van der Waals surface area contributed by atoms with Crippen LogP contribution in [0, 0.1) is 0 Å². The third-order valence-corrected chi connectivity index (χ3v) is 3.20. The van der Waals surface area contributed by atoms with E-state index in [4.69, 9.17) is 27.9 Å². The van der Waals surface area contributed by atoms with Crippen LogP contribution in [-0.4, -0.2) is 11.0 Å². The van der Waals surface area contributed by atoms with E-state index in [1.807, 2.05) is 0 Å². The van der Waals surface area contributed by atoms with Crippen molar-refractivity contribution in [1.29, 1.82) is 0 Å². The normalized spacial score (nSPS) is 10.8. The van der Waals surface area contributed by atoms with Gasteiger partial charge in [-0.25, -0.2) is 4.98 Å². The molecule has 0 aliphatic heterocycles. The predicted octanol–water partition coefficient (Wildman–Crippen LogP) is 4.68. The van der Waals surface area contributed by atoms with E-state index >= 15 is 0 Å². The second-order valence-corrected chi connectivity index (χ2v) is 5.51. The van der Waals surface area contributed by atoms with Gasteiger partial charge in [-0.15, -0.1) is 0 Å². The fourth-order valence-electron chi connectivity index (χ4n) is 1.57. The van der Waals surface area contributed by atoms with E-state index in [1.165, 1.54) is 0 Å². The molecule has 3 nitrogen and oxygen atoms in total. The smallest absolute Gasteiger partial charge is 0.219 e. The highest BCUT2D eigenvalue weighted by atomic mass is 35.5. The van der Waals surface area contributed by atoms with Gasteiger partial charge in [-0.05, 0) is 30.3 Å². The summed E-state index contributed by atoms with van der Waals surface area (Å²) >= 11 is 12.0. The third kappa shape index (κ3) is 4.37. The molecule has 2 rings (SSSR count). The molecule has 106 valence electrons. The van der Waals surface area contributed by atoms with Crippen molar-refractivity contribution >= 4 is 23.2 Å². The number of benzene rings is 1. The summed E-state index contributed by atoms with van der Waals surface area (Å²) in [4.78, 5) is 4.41. The first-order chi connectivity index (χ1) is 9.54. The van der Waals surface area contributed by atoms with Gasteiger partial charge >= 0.3 is 0 Å². The maximum absolute atomic E-state index is 6.13. The first-order valence-electron chi connectivity index (χ1n) is 6.37. The van der Waals surface area contributed by atoms with Crippen LogP contribution in [0.15, 0.2) is 36.4 Å². The molecule has 1 aromatic heterocycles. The van der Waals surface area contributed by atoms with Gasteiger partial charge in [-0.2, -0.15) is 0 Å². The van der Waals surface area contributed by atoms with Gasteiger partial charge in [0.2, 0.25) is 5.88 Å². The molecule has 0 atom stereocenters. The molecule has 0 aliphatic carbocycles. The Morgan fingerprint density at radius 1 is 1.10 bits per heavy atom. The maximum Gasteiger partial charge on any atom is 0.219 e. The number of hydrogen-bond donors (Lipinski definition) is 1. The molecule has 0 aliphatic rings. The van der Waals surface area contributed by atoms with E-state index in [2.05, 4.69) is 24.1 Å². The average Bonchev–Trinajstić information content (AvgIpc) is 2.42. The standard InChI is InChI=1S/C15H16Cl2N2O/c1-10(2)18-9-14-13(17)7-8-15(19-14)20-12-5-3-11(16)4-6-12/h3-8,10,18H,9H2,1-2H3. The molecule has 0 bridgehead atoms. The van der Waals surface area contributed by atoms with Crippen molar-refractivity contribution in [2.75, 3.05) is 0 Å². The SMILES string of the molecule is CC(C)NCc1nc(Oc2ccc(Cl)cc2)ccc1Cl.